The Kier molecular flexibility index (Phi) is 4.46. The summed E-state index contributed by atoms with van der Waals surface area (Å²) in [5.41, 5.74) is 8.23. The first-order valence-corrected chi connectivity index (χ1v) is 7.20. The maximum atomic E-state index is 12.4. The molecule has 1 fully saturated rings. The Morgan fingerprint density at radius 1 is 1.32 bits per heavy atom. The topological polar surface area (TPSA) is 46.3 Å². The number of nitrogen functional groups attached to an aromatic ring is 1. The van der Waals surface area contributed by atoms with E-state index < -0.39 is 0 Å². The van der Waals surface area contributed by atoms with Gasteiger partial charge in [-0.1, -0.05) is 31.4 Å². The van der Waals surface area contributed by atoms with E-state index in [4.69, 9.17) is 5.73 Å². The first kappa shape index (κ1) is 13.9. The molecule has 0 atom stereocenters. The minimum Gasteiger partial charge on any atom is -0.398 e. The molecular weight excluding hydrogens is 236 g/mol. The smallest absolute Gasteiger partial charge is 0.255 e. The van der Waals surface area contributed by atoms with Crippen molar-refractivity contribution in [1.29, 1.82) is 0 Å². The van der Waals surface area contributed by atoms with Crippen molar-refractivity contribution in [3.63, 3.8) is 0 Å². The molecule has 2 N–H and O–H groups in total. The van der Waals surface area contributed by atoms with Gasteiger partial charge in [-0.2, -0.15) is 0 Å². The summed E-state index contributed by atoms with van der Waals surface area (Å²) >= 11 is 0. The monoisotopic (exact) mass is 260 g/mol. The number of carbonyl (C=O) groups excluding carboxylic acids is 1. The van der Waals surface area contributed by atoms with Crippen LogP contribution in [0.3, 0.4) is 0 Å². The molecule has 0 aromatic heterocycles. The van der Waals surface area contributed by atoms with E-state index in [1.165, 1.54) is 32.1 Å². The second-order valence-corrected chi connectivity index (χ2v) is 5.73. The van der Waals surface area contributed by atoms with Gasteiger partial charge in [-0.15, -0.1) is 0 Å². The quantitative estimate of drug-likeness (QED) is 0.848. The lowest BCUT2D eigenvalue weighted by Gasteiger charge is -2.27. The summed E-state index contributed by atoms with van der Waals surface area (Å²) < 4.78 is 0. The first-order chi connectivity index (χ1) is 9.09. The molecule has 0 radical (unpaired) electrons. The van der Waals surface area contributed by atoms with E-state index in [2.05, 4.69) is 0 Å². The number of nitrogens with zero attached hydrogens (tertiary/aromatic N) is 1. The highest BCUT2D eigenvalue weighted by Gasteiger charge is 2.20. The van der Waals surface area contributed by atoms with Gasteiger partial charge in [0.2, 0.25) is 0 Å². The molecular formula is C16H24N2O. The van der Waals surface area contributed by atoms with Gasteiger partial charge in [-0.3, -0.25) is 4.79 Å². The lowest BCUT2D eigenvalue weighted by molar-refractivity contribution is 0.0761. The predicted molar refractivity (Wildman–Crippen MR) is 79.1 cm³/mol. The molecule has 0 heterocycles. The third kappa shape index (κ3) is 3.28. The third-order valence-corrected chi connectivity index (χ3v) is 4.16. The van der Waals surface area contributed by atoms with Crippen LogP contribution >= 0.6 is 0 Å². The molecule has 0 saturated heterocycles. The molecule has 1 aromatic carbocycles. The molecule has 2 rings (SSSR count). The third-order valence-electron chi connectivity index (χ3n) is 4.16. The lowest BCUT2D eigenvalue weighted by Crippen LogP contribution is -2.33. The van der Waals surface area contributed by atoms with Crippen molar-refractivity contribution >= 4 is 11.6 Å². The van der Waals surface area contributed by atoms with Crippen LogP contribution in [0.5, 0.6) is 0 Å². The van der Waals surface area contributed by atoms with E-state index in [1.54, 1.807) is 0 Å². The van der Waals surface area contributed by atoms with Gasteiger partial charge in [0.25, 0.3) is 5.91 Å². The summed E-state index contributed by atoms with van der Waals surface area (Å²) in [7, 11) is 1.89. The Morgan fingerprint density at radius 3 is 2.68 bits per heavy atom. The molecule has 0 aliphatic heterocycles. The van der Waals surface area contributed by atoms with Crippen LogP contribution in [0.2, 0.25) is 0 Å². The van der Waals surface area contributed by atoms with Crippen molar-refractivity contribution in [3.8, 4) is 0 Å². The molecule has 0 bridgehead atoms. The second-order valence-electron chi connectivity index (χ2n) is 5.73. The highest BCUT2D eigenvalue weighted by molar-refractivity contribution is 5.99. The molecule has 0 spiro atoms. The maximum absolute atomic E-state index is 12.4. The number of carbonyl (C=O) groups is 1. The van der Waals surface area contributed by atoms with Gasteiger partial charge in [0.1, 0.15) is 0 Å². The summed E-state index contributed by atoms with van der Waals surface area (Å²) in [6, 6.07) is 5.66. The van der Waals surface area contributed by atoms with Crippen molar-refractivity contribution in [2.45, 2.75) is 39.0 Å². The molecule has 3 heteroatoms. The Hall–Kier alpha value is -1.51. The Morgan fingerprint density at radius 2 is 2.00 bits per heavy atom. The fraction of sp³-hybridized carbons (Fsp3) is 0.562. The lowest BCUT2D eigenvalue weighted by atomic mass is 9.89. The van der Waals surface area contributed by atoms with E-state index >= 15 is 0 Å². The molecule has 3 nitrogen and oxygen atoms in total. The van der Waals surface area contributed by atoms with Crippen LogP contribution in [-0.4, -0.2) is 24.4 Å². The number of para-hydroxylation sites is 1. The molecule has 1 saturated carbocycles. The van der Waals surface area contributed by atoms with Gasteiger partial charge in [0.05, 0.1) is 5.56 Å². The van der Waals surface area contributed by atoms with Crippen LogP contribution in [0.15, 0.2) is 18.2 Å². The SMILES string of the molecule is Cc1cccc(C(=O)N(C)CC2CCCCC2)c1N. The number of benzene rings is 1. The first-order valence-electron chi connectivity index (χ1n) is 7.20. The average molecular weight is 260 g/mol. The van der Waals surface area contributed by atoms with Crippen LogP contribution in [0.1, 0.15) is 48.0 Å². The van der Waals surface area contributed by atoms with Gasteiger partial charge in [-0.05, 0) is 37.3 Å². The fourth-order valence-electron chi connectivity index (χ4n) is 2.91. The number of anilines is 1. The van der Waals surface area contributed by atoms with Crippen molar-refractivity contribution < 1.29 is 4.79 Å². The van der Waals surface area contributed by atoms with E-state index in [1.807, 2.05) is 37.1 Å². The molecule has 1 aliphatic rings. The van der Waals surface area contributed by atoms with Gasteiger partial charge < -0.3 is 10.6 Å². The maximum Gasteiger partial charge on any atom is 0.255 e. The van der Waals surface area contributed by atoms with Crippen molar-refractivity contribution in [3.05, 3.63) is 29.3 Å². The van der Waals surface area contributed by atoms with Gasteiger partial charge in [0.15, 0.2) is 0 Å². The number of aryl methyl sites for hydroxylation is 1. The molecule has 1 aromatic rings. The number of rotatable bonds is 3. The minimum atomic E-state index is 0.0479. The van der Waals surface area contributed by atoms with Crippen molar-refractivity contribution in [1.82, 2.24) is 4.90 Å². The molecule has 19 heavy (non-hydrogen) atoms. The van der Waals surface area contributed by atoms with Crippen LogP contribution < -0.4 is 5.73 Å². The van der Waals surface area contributed by atoms with Gasteiger partial charge in [0, 0.05) is 19.3 Å². The fourth-order valence-corrected chi connectivity index (χ4v) is 2.91. The van der Waals surface area contributed by atoms with Gasteiger partial charge in [-0.25, -0.2) is 0 Å². The van der Waals surface area contributed by atoms with Crippen LogP contribution in [-0.2, 0) is 0 Å². The number of nitrogens with two attached hydrogens (primary N) is 1. The van der Waals surface area contributed by atoms with Crippen molar-refractivity contribution in [2.75, 3.05) is 19.3 Å². The van der Waals surface area contributed by atoms with Crippen molar-refractivity contribution in [2.24, 2.45) is 5.92 Å². The van der Waals surface area contributed by atoms with E-state index in [0.717, 1.165) is 12.1 Å². The van der Waals surface area contributed by atoms with E-state index in [9.17, 15) is 4.79 Å². The highest BCUT2D eigenvalue weighted by atomic mass is 16.2. The predicted octanol–water partition coefficient (Wildman–Crippen LogP) is 3.23. The zero-order valence-corrected chi connectivity index (χ0v) is 12.0. The summed E-state index contributed by atoms with van der Waals surface area (Å²) in [5.74, 6) is 0.709. The highest BCUT2D eigenvalue weighted by Crippen LogP contribution is 2.25. The molecule has 104 valence electrons. The van der Waals surface area contributed by atoms with Crippen LogP contribution in [0.4, 0.5) is 5.69 Å². The van der Waals surface area contributed by atoms with Crippen LogP contribution in [0, 0.1) is 12.8 Å². The summed E-state index contributed by atoms with van der Waals surface area (Å²) in [6.45, 7) is 2.79. The largest absolute Gasteiger partial charge is 0.398 e. The molecule has 1 aliphatic carbocycles. The average Bonchev–Trinajstić information content (AvgIpc) is 2.42. The van der Waals surface area contributed by atoms with E-state index in [0.29, 0.717) is 17.2 Å². The normalized spacial score (nSPS) is 16.3. The second kappa shape index (κ2) is 6.09. The summed E-state index contributed by atoms with van der Waals surface area (Å²) in [6.07, 6.45) is 6.46. The Labute approximate surface area is 115 Å². The van der Waals surface area contributed by atoms with Crippen LogP contribution in [0.25, 0.3) is 0 Å². The zero-order valence-electron chi connectivity index (χ0n) is 12.0. The number of amides is 1. The summed E-state index contributed by atoms with van der Waals surface area (Å²) in [4.78, 5) is 14.3. The molecule has 1 amide bonds. The number of hydrogen-bond acceptors (Lipinski definition) is 2. The molecule has 0 unspecified atom stereocenters. The minimum absolute atomic E-state index is 0.0479. The Bertz CT molecular complexity index is 450. The zero-order chi connectivity index (χ0) is 13.8. The standard InChI is InChI=1S/C16H24N2O/c1-12-7-6-10-14(15(12)17)16(19)18(2)11-13-8-4-3-5-9-13/h6-7,10,13H,3-5,8-9,11,17H2,1-2H3. The summed E-state index contributed by atoms with van der Waals surface area (Å²) in [5, 5.41) is 0. The number of hydrogen-bond donors (Lipinski definition) is 1. The Balaban J connectivity index is 2.03. The van der Waals surface area contributed by atoms with E-state index in [-0.39, 0.29) is 5.91 Å². The van der Waals surface area contributed by atoms with Gasteiger partial charge >= 0.3 is 0 Å².